The molecule has 0 aromatic heterocycles. The van der Waals surface area contributed by atoms with Crippen molar-refractivity contribution in [1.29, 1.82) is 0 Å². The van der Waals surface area contributed by atoms with Gasteiger partial charge in [0.25, 0.3) is 5.91 Å². The molecule has 1 amide bonds. The van der Waals surface area contributed by atoms with E-state index in [4.69, 9.17) is 9.47 Å². The Morgan fingerprint density at radius 3 is 2.52 bits per heavy atom. The minimum absolute atomic E-state index is 0.0552. The number of aliphatic hydroxyl groups is 2. The summed E-state index contributed by atoms with van der Waals surface area (Å²) >= 11 is 1.67. The Kier molecular flexibility index (Phi) is 17.7. The van der Waals surface area contributed by atoms with E-state index in [0.29, 0.717) is 39.0 Å². The van der Waals surface area contributed by atoms with E-state index in [0.717, 1.165) is 48.3 Å². The maximum absolute atomic E-state index is 12.6. The molecule has 0 bridgehead atoms. The average molecular weight is 606 g/mol. The van der Waals surface area contributed by atoms with Crippen molar-refractivity contribution in [2.24, 2.45) is 11.8 Å². The van der Waals surface area contributed by atoms with Crippen LogP contribution in [0.4, 0.5) is 0 Å². The van der Waals surface area contributed by atoms with Gasteiger partial charge in [0.15, 0.2) is 6.61 Å². The van der Waals surface area contributed by atoms with Crippen LogP contribution in [0.5, 0.6) is 0 Å². The van der Waals surface area contributed by atoms with E-state index in [-0.39, 0.29) is 48.9 Å². The number of hydrogen-bond acceptors (Lipinski definition) is 8. The summed E-state index contributed by atoms with van der Waals surface area (Å²) in [6.07, 6.45) is 8.04. The first-order valence-electron chi connectivity index (χ1n) is 15.4. The highest BCUT2D eigenvalue weighted by atomic mass is 32.2. The van der Waals surface area contributed by atoms with Gasteiger partial charge in [0.2, 0.25) is 0 Å². The van der Waals surface area contributed by atoms with Crippen LogP contribution >= 0.6 is 11.8 Å². The Morgan fingerprint density at radius 1 is 1.12 bits per heavy atom. The maximum Gasteiger partial charge on any atom is 0.306 e. The number of aliphatic hydroxyl groups excluding tert-OH is 2. The molecule has 0 aliphatic heterocycles. The van der Waals surface area contributed by atoms with Crippen molar-refractivity contribution in [2.75, 3.05) is 38.3 Å². The molecule has 9 heteroatoms. The Labute approximate surface area is 256 Å². The predicted octanol–water partition coefficient (Wildman–Crippen LogP) is 4.73. The van der Waals surface area contributed by atoms with Crippen LogP contribution in [-0.4, -0.2) is 83.3 Å². The second kappa shape index (κ2) is 20.7. The molecule has 0 radical (unpaired) electrons. The number of hydrogen-bond donors (Lipinski definition) is 2. The molecule has 1 aromatic carbocycles. The lowest BCUT2D eigenvalue weighted by Gasteiger charge is -2.22. The molecule has 2 N–H and O–H groups in total. The summed E-state index contributed by atoms with van der Waals surface area (Å²) in [6.45, 7) is 5.89. The van der Waals surface area contributed by atoms with E-state index in [2.05, 4.69) is 13.8 Å². The van der Waals surface area contributed by atoms with E-state index < -0.39 is 12.2 Å². The highest BCUT2D eigenvalue weighted by Crippen LogP contribution is 2.34. The first-order valence-corrected chi connectivity index (χ1v) is 16.6. The van der Waals surface area contributed by atoms with Crippen LogP contribution < -0.4 is 0 Å². The van der Waals surface area contributed by atoms with Gasteiger partial charge in [-0.3, -0.25) is 14.4 Å². The number of Topliss-reactive ketones (excluding diaryl/α,β-unsaturated/α-hetero) is 1. The lowest BCUT2D eigenvalue weighted by atomic mass is 9.91. The summed E-state index contributed by atoms with van der Waals surface area (Å²) in [5, 5.41) is 21.0. The third-order valence-electron chi connectivity index (χ3n) is 7.55. The number of carbonyl (C=O) groups is 3. The number of amides is 1. The van der Waals surface area contributed by atoms with Gasteiger partial charge in [-0.25, -0.2) is 0 Å². The third-order valence-corrected chi connectivity index (χ3v) is 8.65. The van der Waals surface area contributed by atoms with Gasteiger partial charge >= 0.3 is 5.97 Å². The highest BCUT2D eigenvalue weighted by Gasteiger charge is 2.39. The predicted molar refractivity (Wildman–Crippen MR) is 167 cm³/mol. The Hall–Kier alpha value is -2.20. The van der Waals surface area contributed by atoms with Crippen molar-refractivity contribution >= 4 is 29.4 Å². The number of esters is 1. The average Bonchev–Trinajstić information content (AvgIpc) is 3.24. The van der Waals surface area contributed by atoms with Crippen LogP contribution in [-0.2, 0) is 36.9 Å². The summed E-state index contributed by atoms with van der Waals surface area (Å²) in [4.78, 5) is 38.9. The van der Waals surface area contributed by atoms with Crippen molar-refractivity contribution in [3.63, 3.8) is 0 Å². The van der Waals surface area contributed by atoms with Crippen LogP contribution in [0.3, 0.4) is 0 Å². The van der Waals surface area contributed by atoms with Crippen LogP contribution in [0.1, 0.15) is 76.3 Å². The third kappa shape index (κ3) is 13.4. The van der Waals surface area contributed by atoms with Crippen molar-refractivity contribution in [3.05, 3.63) is 47.5 Å². The van der Waals surface area contributed by atoms with Gasteiger partial charge in [0.05, 0.1) is 18.8 Å². The Balaban J connectivity index is 1.69. The van der Waals surface area contributed by atoms with Gasteiger partial charge in [-0.2, -0.15) is 11.8 Å². The molecule has 1 fully saturated rings. The largest absolute Gasteiger partial charge is 0.456 e. The molecule has 0 heterocycles. The lowest BCUT2D eigenvalue weighted by Crippen LogP contribution is -2.36. The second-order valence-corrected chi connectivity index (χ2v) is 12.3. The summed E-state index contributed by atoms with van der Waals surface area (Å²) < 4.78 is 10.4. The van der Waals surface area contributed by atoms with Crippen molar-refractivity contribution in [1.82, 2.24) is 4.90 Å². The molecular formula is C33H51NO7S. The molecule has 8 nitrogen and oxygen atoms in total. The SMILES string of the molecule is CCCCN(CCCC)C(=O)COC(=O)CCCSCC[C@H]1C(=O)C[C@@H](O)[C@H]1/C=C/[C@@H](O)Cc1cccc(COC)c1. The number of ether oxygens (including phenoxy) is 2. The molecule has 1 saturated carbocycles. The summed E-state index contributed by atoms with van der Waals surface area (Å²) in [5.41, 5.74) is 2.04. The number of benzene rings is 1. The zero-order valence-corrected chi connectivity index (χ0v) is 26.5. The fourth-order valence-corrected chi connectivity index (χ4v) is 6.14. The van der Waals surface area contributed by atoms with Crippen LogP contribution in [0.2, 0.25) is 0 Å². The van der Waals surface area contributed by atoms with Crippen molar-refractivity contribution in [3.8, 4) is 0 Å². The number of unbranched alkanes of at least 4 members (excludes halogenated alkanes) is 2. The number of nitrogens with zero attached hydrogens (tertiary/aromatic N) is 1. The summed E-state index contributed by atoms with van der Waals surface area (Å²) in [6, 6.07) is 7.88. The lowest BCUT2D eigenvalue weighted by molar-refractivity contribution is -0.152. The van der Waals surface area contributed by atoms with E-state index in [1.54, 1.807) is 35.9 Å². The quantitative estimate of drug-likeness (QED) is 0.117. The number of ketones is 1. The van der Waals surface area contributed by atoms with Gasteiger partial charge in [-0.15, -0.1) is 0 Å². The zero-order chi connectivity index (χ0) is 30.7. The molecular weight excluding hydrogens is 554 g/mol. The van der Waals surface area contributed by atoms with Crippen LogP contribution in [0.25, 0.3) is 0 Å². The molecule has 1 aliphatic carbocycles. The first kappa shape index (κ1) is 36.0. The maximum atomic E-state index is 12.6. The minimum atomic E-state index is -0.738. The van der Waals surface area contributed by atoms with Crippen molar-refractivity contribution < 1.29 is 34.1 Å². The Bertz CT molecular complexity index is 977. The fourth-order valence-electron chi connectivity index (χ4n) is 5.17. The zero-order valence-electron chi connectivity index (χ0n) is 25.7. The smallest absolute Gasteiger partial charge is 0.306 e. The summed E-state index contributed by atoms with van der Waals surface area (Å²) in [5.74, 6) is 0.454. The van der Waals surface area contributed by atoms with E-state index in [1.807, 2.05) is 24.3 Å². The van der Waals surface area contributed by atoms with Gasteiger partial charge in [-0.05, 0) is 48.3 Å². The van der Waals surface area contributed by atoms with Gasteiger partial charge in [0.1, 0.15) is 5.78 Å². The molecule has 1 aliphatic rings. The monoisotopic (exact) mass is 605 g/mol. The molecule has 0 spiro atoms. The van der Waals surface area contributed by atoms with Gasteiger partial charge in [-0.1, -0.05) is 63.1 Å². The van der Waals surface area contributed by atoms with Gasteiger partial charge in [0, 0.05) is 51.3 Å². The molecule has 0 unspecified atom stereocenters. The van der Waals surface area contributed by atoms with Gasteiger partial charge < -0.3 is 24.6 Å². The molecule has 42 heavy (non-hydrogen) atoms. The number of carbonyl (C=O) groups excluding carboxylic acids is 3. The first-order chi connectivity index (χ1) is 20.3. The van der Waals surface area contributed by atoms with Crippen molar-refractivity contribution in [2.45, 2.75) is 90.4 Å². The molecule has 0 saturated heterocycles. The topological polar surface area (TPSA) is 113 Å². The second-order valence-electron chi connectivity index (χ2n) is 11.1. The van der Waals surface area contributed by atoms with E-state index in [9.17, 15) is 24.6 Å². The molecule has 1 aromatic rings. The molecule has 2 rings (SSSR count). The normalized spacial score (nSPS) is 19.4. The van der Waals surface area contributed by atoms with Crippen LogP contribution in [0, 0.1) is 11.8 Å². The number of methoxy groups -OCH3 is 1. The number of thioether (sulfide) groups is 1. The van der Waals surface area contributed by atoms with E-state index in [1.165, 1.54) is 0 Å². The van der Waals surface area contributed by atoms with E-state index >= 15 is 0 Å². The molecule has 4 atom stereocenters. The van der Waals surface area contributed by atoms with Crippen LogP contribution in [0.15, 0.2) is 36.4 Å². The highest BCUT2D eigenvalue weighted by molar-refractivity contribution is 7.99. The fraction of sp³-hybridized carbons (Fsp3) is 0.667. The summed E-state index contributed by atoms with van der Waals surface area (Å²) in [7, 11) is 1.65. The minimum Gasteiger partial charge on any atom is -0.456 e. The standard InChI is InChI=1S/C33H51NO7S/c1-4-6-16-34(17-7-5-2)32(38)24-41-33(39)12-9-18-42-19-15-29-28(30(36)22-31(29)37)14-13-27(35)21-25-10-8-11-26(20-25)23-40-3/h8,10-11,13-14,20,27-30,35-36H,4-7,9,12,15-19,21-24H2,1-3H3/b14-13+/t27-,28+,29-,30-/m1/s1. The Morgan fingerprint density at radius 2 is 1.83 bits per heavy atom. The number of rotatable bonds is 21. The molecule has 236 valence electrons.